The van der Waals surface area contributed by atoms with Crippen molar-refractivity contribution >= 4 is 46.5 Å². The van der Waals surface area contributed by atoms with E-state index in [1.807, 2.05) is 67.7 Å². The predicted octanol–water partition coefficient (Wildman–Crippen LogP) is 6.30. The molecule has 250 valence electrons. The Morgan fingerprint density at radius 1 is 0.959 bits per heavy atom. The summed E-state index contributed by atoms with van der Waals surface area (Å²) in [6.45, 7) is 2.27. The minimum absolute atomic E-state index is 0.0598. The Labute approximate surface area is 292 Å². The van der Waals surface area contributed by atoms with E-state index >= 15 is 0 Å². The van der Waals surface area contributed by atoms with Gasteiger partial charge in [0.2, 0.25) is 5.91 Å². The van der Waals surface area contributed by atoms with Crippen LogP contribution in [0.25, 0.3) is 39.0 Å². The summed E-state index contributed by atoms with van der Waals surface area (Å²) in [5.74, 6) is 0.0598. The Kier molecular flexibility index (Phi) is 9.02. The number of carbonyl (C=O) groups excluding carboxylic acids is 1. The number of rotatable bonds is 7. The molecule has 0 radical (unpaired) electrons. The molecule has 2 aliphatic heterocycles. The van der Waals surface area contributed by atoms with Crippen LogP contribution < -0.4 is 21.1 Å². The number of carbonyl (C=O) groups is 2. The van der Waals surface area contributed by atoms with Gasteiger partial charge in [0.15, 0.2) is 0 Å². The number of anilines is 1. The second-order valence-corrected chi connectivity index (χ2v) is 13.2. The zero-order valence-electron chi connectivity index (χ0n) is 26.7. The van der Waals surface area contributed by atoms with E-state index in [0.29, 0.717) is 60.4 Å². The first-order valence-electron chi connectivity index (χ1n) is 16.1. The zero-order chi connectivity index (χ0) is 34.2. The molecule has 7 rings (SSSR count). The molecule has 49 heavy (non-hydrogen) atoms. The number of nitrogens with one attached hydrogen (secondary N) is 2. The van der Waals surface area contributed by atoms with Gasteiger partial charge in [-0.15, -0.1) is 0 Å². The number of amides is 2. The SMILES string of the molecule is CN1CCN(C(=O)O)Cc2ccc(-c3cccc(-c4cccc(-c5ccn6c(=O)c(CNCC7CCC(=O)N7)cnc6c5)c4Cl)c3Cl)cc21. The molecule has 3 aromatic carbocycles. The summed E-state index contributed by atoms with van der Waals surface area (Å²) in [7, 11) is 1.97. The molecular formula is C37H34Cl2N6O4. The Bertz CT molecular complexity index is 2170. The maximum absolute atomic E-state index is 13.2. The molecule has 2 aromatic heterocycles. The van der Waals surface area contributed by atoms with Gasteiger partial charge in [0, 0.05) is 91.6 Å². The highest BCUT2D eigenvalue weighted by Gasteiger charge is 2.23. The molecule has 1 fully saturated rings. The van der Waals surface area contributed by atoms with E-state index in [0.717, 1.165) is 51.1 Å². The highest BCUT2D eigenvalue weighted by molar-refractivity contribution is 6.39. The van der Waals surface area contributed by atoms with Gasteiger partial charge in [-0.25, -0.2) is 9.78 Å². The molecule has 2 aliphatic rings. The third kappa shape index (κ3) is 6.47. The van der Waals surface area contributed by atoms with Crippen LogP contribution in [0.3, 0.4) is 0 Å². The van der Waals surface area contributed by atoms with E-state index in [9.17, 15) is 19.5 Å². The number of benzene rings is 3. The predicted molar refractivity (Wildman–Crippen MR) is 192 cm³/mol. The number of carboxylic acid groups (broad SMARTS) is 1. The minimum atomic E-state index is -0.931. The van der Waals surface area contributed by atoms with Gasteiger partial charge in [0.05, 0.1) is 16.6 Å². The van der Waals surface area contributed by atoms with Gasteiger partial charge in [0.25, 0.3) is 5.56 Å². The lowest BCUT2D eigenvalue weighted by molar-refractivity contribution is -0.119. The van der Waals surface area contributed by atoms with E-state index in [2.05, 4.69) is 26.6 Å². The smallest absolute Gasteiger partial charge is 0.407 e. The fourth-order valence-electron chi connectivity index (χ4n) is 6.60. The molecule has 12 heteroatoms. The monoisotopic (exact) mass is 696 g/mol. The molecule has 0 aliphatic carbocycles. The summed E-state index contributed by atoms with van der Waals surface area (Å²) >= 11 is 14.2. The van der Waals surface area contributed by atoms with Crippen molar-refractivity contribution in [2.24, 2.45) is 0 Å². The first kappa shape index (κ1) is 32.6. The fourth-order valence-corrected chi connectivity index (χ4v) is 7.27. The normalized spacial score (nSPS) is 16.1. The van der Waals surface area contributed by atoms with Gasteiger partial charge in [0.1, 0.15) is 5.65 Å². The Morgan fingerprint density at radius 2 is 1.65 bits per heavy atom. The fraction of sp³-hybridized carbons (Fsp3) is 0.243. The summed E-state index contributed by atoms with van der Waals surface area (Å²) in [6.07, 6.45) is 3.69. The summed E-state index contributed by atoms with van der Waals surface area (Å²) in [6, 6.07) is 21.4. The quantitative estimate of drug-likeness (QED) is 0.183. The van der Waals surface area contributed by atoms with Crippen molar-refractivity contribution in [3.05, 3.63) is 111 Å². The van der Waals surface area contributed by atoms with Crippen LogP contribution in [0.5, 0.6) is 0 Å². The van der Waals surface area contributed by atoms with Crippen LogP contribution in [0.4, 0.5) is 10.5 Å². The average molecular weight is 698 g/mol. The van der Waals surface area contributed by atoms with E-state index in [4.69, 9.17) is 23.2 Å². The molecule has 1 unspecified atom stereocenters. The molecule has 0 bridgehead atoms. The topological polar surface area (TPSA) is 119 Å². The first-order valence-corrected chi connectivity index (χ1v) is 16.8. The second kappa shape index (κ2) is 13.5. The second-order valence-electron chi connectivity index (χ2n) is 12.5. The van der Waals surface area contributed by atoms with Crippen molar-refractivity contribution in [1.82, 2.24) is 24.9 Å². The summed E-state index contributed by atoms with van der Waals surface area (Å²) in [5, 5.41) is 16.8. The number of nitrogens with zero attached hydrogens (tertiary/aromatic N) is 4. The summed E-state index contributed by atoms with van der Waals surface area (Å²) in [4.78, 5) is 44.4. The maximum atomic E-state index is 13.2. The number of hydrogen-bond donors (Lipinski definition) is 3. The molecule has 5 aromatic rings. The van der Waals surface area contributed by atoms with Gasteiger partial charge in [-0.05, 0) is 41.3 Å². The average Bonchev–Trinajstić information content (AvgIpc) is 3.44. The van der Waals surface area contributed by atoms with Crippen LogP contribution in [-0.2, 0) is 17.9 Å². The van der Waals surface area contributed by atoms with Crippen LogP contribution in [0.15, 0.2) is 83.9 Å². The summed E-state index contributed by atoms with van der Waals surface area (Å²) < 4.78 is 1.52. The van der Waals surface area contributed by atoms with Crippen LogP contribution >= 0.6 is 23.2 Å². The molecule has 2 amide bonds. The lowest BCUT2D eigenvalue weighted by atomic mass is 9.95. The van der Waals surface area contributed by atoms with E-state index in [-0.39, 0.29) is 17.5 Å². The number of fused-ring (bicyclic) bond motifs is 2. The van der Waals surface area contributed by atoms with Crippen molar-refractivity contribution in [3.8, 4) is 33.4 Å². The summed E-state index contributed by atoms with van der Waals surface area (Å²) in [5.41, 5.74) is 7.64. The molecule has 0 saturated carbocycles. The number of hydrogen-bond acceptors (Lipinski definition) is 6. The van der Waals surface area contributed by atoms with Gasteiger partial charge in [-0.3, -0.25) is 14.0 Å². The number of likely N-dealkylation sites (N-methyl/N-ethyl adjacent to an activating group) is 1. The lowest BCUT2D eigenvalue weighted by Crippen LogP contribution is -2.36. The molecule has 0 spiro atoms. The standard InChI is InChI=1S/C37H34Cl2N6O4/c1-43-14-15-44(37(48)49)21-24-9-8-22(16-31(24)43)27-4-2-6-29(34(27)38)30-7-3-5-28(35(30)39)23-12-13-45-32(17-23)41-19-25(36(45)47)18-40-20-26-10-11-33(46)42-26/h2-9,12-13,16-17,19,26,40H,10-11,14-15,18,20-21H2,1H3,(H,42,46)(H,48,49). The third-order valence-corrected chi connectivity index (χ3v) is 10.1. The van der Waals surface area contributed by atoms with Crippen molar-refractivity contribution in [1.29, 1.82) is 0 Å². The zero-order valence-corrected chi connectivity index (χ0v) is 28.3. The maximum Gasteiger partial charge on any atom is 0.407 e. The van der Waals surface area contributed by atoms with Crippen molar-refractivity contribution in [3.63, 3.8) is 0 Å². The largest absolute Gasteiger partial charge is 0.465 e. The number of halogens is 2. The van der Waals surface area contributed by atoms with Crippen LogP contribution in [0.1, 0.15) is 24.0 Å². The van der Waals surface area contributed by atoms with E-state index < -0.39 is 6.09 Å². The number of aromatic nitrogens is 2. The van der Waals surface area contributed by atoms with E-state index in [1.54, 1.807) is 12.4 Å². The van der Waals surface area contributed by atoms with E-state index in [1.165, 1.54) is 9.30 Å². The van der Waals surface area contributed by atoms with Gasteiger partial charge in [-0.2, -0.15) is 0 Å². The van der Waals surface area contributed by atoms with Crippen LogP contribution in [-0.4, -0.2) is 64.1 Å². The Morgan fingerprint density at radius 3 is 2.33 bits per heavy atom. The van der Waals surface area contributed by atoms with Crippen molar-refractivity contribution in [2.45, 2.75) is 32.0 Å². The first-order chi connectivity index (χ1) is 23.7. The van der Waals surface area contributed by atoms with Gasteiger partial charge < -0.3 is 25.5 Å². The molecule has 1 atom stereocenters. The van der Waals surface area contributed by atoms with Crippen LogP contribution in [0, 0.1) is 0 Å². The molecule has 4 heterocycles. The third-order valence-electron chi connectivity index (χ3n) is 9.32. The Balaban J connectivity index is 1.16. The lowest BCUT2D eigenvalue weighted by Gasteiger charge is -2.20. The molecule has 1 saturated heterocycles. The highest BCUT2D eigenvalue weighted by atomic mass is 35.5. The Hall–Kier alpha value is -4.90. The van der Waals surface area contributed by atoms with Gasteiger partial charge >= 0.3 is 6.09 Å². The molecule has 10 nitrogen and oxygen atoms in total. The van der Waals surface area contributed by atoms with Crippen molar-refractivity contribution in [2.75, 3.05) is 31.6 Å². The van der Waals surface area contributed by atoms with Crippen molar-refractivity contribution < 1.29 is 14.7 Å². The molecular weight excluding hydrogens is 663 g/mol. The number of pyridine rings is 1. The minimum Gasteiger partial charge on any atom is -0.465 e. The molecule has 3 N–H and O–H groups in total. The van der Waals surface area contributed by atoms with Crippen LogP contribution in [0.2, 0.25) is 10.0 Å². The highest BCUT2D eigenvalue weighted by Crippen LogP contribution is 2.43. The van der Waals surface area contributed by atoms with Gasteiger partial charge in [-0.1, -0.05) is 71.7 Å².